The molecule has 0 aromatic carbocycles. The number of carbonyl (C=O) groups is 2. The summed E-state index contributed by atoms with van der Waals surface area (Å²) in [5, 5.41) is 0. The number of carbonyl (C=O) groups excluding carboxylic acids is 2. The zero-order valence-corrected chi connectivity index (χ0v) is 17.4. The fourth-order valence-corrected chi connectivity index (χ4v) is 5.80. The van der Waals surface area contributed by atoms with Crippen LogP contribution in [0, 0.1) is 28.6 Å². The minimum Gasteiger partial charge on any atom is -0.456 e. The second-order valence-corrected chi connectivity index (χ2v) is 10.4. The summed E-state index contributed by atoms with van der Waals surface area (Å²) in [7, 11) is 0. The van der Waals surface area contributed by atoms with Gasteiger partial charge in [0.25, 0.3) is 0 Å². The lowest BCUT2D eigenvalue weighted by Crippen LogP contribution is -2.58. The van der Waals surface area contributed by atoms with Crippen LogP contribution in [-0.4, -0.2) is 23.6 Å². The average Bonchev–Trinajstić information content (AvgIpc) is 2.52. The fraction of sp³-hybridized carbons (Fsp3) is 0.909. The van der Waals surface area contributed by atoms with Crippen molar-refractivity contribution in [2.45, 2.75) is 98.2 Å². The largest absolute Gasteiger partial charge is 0.456 e. The molecule has 0 heterocycles. The van der Waals surface area contributed by atoms with Gasteiger partial charge in [-0.05, 0) is 97.3 Å². The van der Waals surface area contributed by atoms with Crippen LogP contribution in [0.25, 0.3) is 0 Å². The second-order valence-electron chi connectivity index (χ2n) is 10.4. The summed E-state index contributed by atoms with van der Waals surface area (Å²) in [5.74, 6) is 1.67. The van der Waals surface area contributed by atoms with Crippen LogP contribution >= 0.6 is 0 Å². The summed E-state index contributed by atoms with van der Waals surface area (Å²) in [6.07, 6.45) is 7.44. The second kappa shape index (κ2) is 6.53. The van der Waals surface area contributed by atoms with Gasteiger partial charge in [-0.2, -0.15) is 0 Å². The summed E-state index contributed by atoms with van der Waals surface area (Å²) in [6, 6.07) is 0. The van der Waals surface area contributed by atoms with E-state index >= 15 is 0 Å². The lowest BCUT2D eigenvalue weighted by atomic mass is 9.46. The molecule has 0 spiro atoms. The highest BCUT2D eigenvalue weighted by Crippen LogP contribution is 2.64. The molecule has 0 radical (unpaired) electrons. The predicted octanol–water partition coefficient (Wildman–Crippen LogP) is 4.89. The van der Waals surface area contributed by atoms with E-state index in [4.69, 9.17) is 9.47 Å². The Balaban J connectivity index is 1.65. The first-order valence-corrected chi connectivity index (χ1v) is 10.4. The maximum atomic E-state index is 12.7. The lowest BCUT2D eigenvalue weighted by molar-refractivity contribution is -0.208. The van der Waals surface area contributed by atoms with Crippen molar-refractivity contribution in [1.82, 2.24) is 0 Å². The van der Waals surface area contributed by atoms with Gasteiger partial charge < -0.3 is 9.47 Å². The summed E-state index contributed by atoms with van der Waals surface area (Å²) < 4.78 is 11.4. The van der Waals surface area contributed by atoms with Gasteiger partial charge in [-0.1, -0.05) is 6.92 Å². The normalized spacial score (nSPS) is 34.5. The fourth-order valence-electron chi connectivity index (χ4n) is 5.80. The topological polar surface area (TPSA) is 52.6 Å². The third-order valence-electron chi connectivity index (χ3n) is 7.72. The molecule has 4 heteroatoms. The third kappa shape index (κ3) is 3.41. The molecule has 4 aliphatic carbocycles. The first kappa shape index (κ1) is 19.7. The highest BCUT2D eigenvalue weighted by atomic mass is 16.6. The minimum absolute atomic E-state index is 0.101. The predicted molar refractivity (Wildman–Crippen MR) is 100 cm³/mol. The van der Waals surface area contributed by atoms with Crippen LogP contribution in [0.3, 0.4) is 0 Å². The van der Waals surface area contributed by atoms with Crippen LogP contribution in [0.15, 0.2) is 0 Å². The standard InChI is InChI=1S/C22H36O4/c1-7-20(3,4)19(24)25-14(2)18(23)26-21(5,6)22-11-15-8-16(12-22)10-17(9-15)13-22/h14-17H,7-13H2,1-6H3. The molecule has 4 rings (SSSR count). The molecule has 0 saturated heterocycles. The van der Waals surface area contributed by atoms with E-state index in [1.54, 1.807) is 6.92 Å². The number of hydrogen-bond acceptors (Lipinski definition) is 4. The van der Waals surface area contributed by atoms with Gasteiger partial charge in [-0.15, -0.1) is 0 Å². The lowest BCUT2D eigenvalue weighted by Gasteiger charge is -2.61. The average molecular weight is 365 g/mol. The van der Waals surface area contributed by atoms with E-state index in [0.29, 0.717) is 6.42 Å². The molecule has 4 fully saturated rings. The van der Waals surface area contributed by atoms with Crippen LogP contribution < -0.4 is 0 Å². The number of ether oxygens (including phenoxy) is 2. The maximum Gasteiger partial charge on any atom is 0.347 e. The molecule has 4 saturated carbocycles. The zero-order valence-electron chi connectivity index (χ0n) is 17.4. The van der Waals surface area contributed by atoms with Gasteiger partial charge in [0.15, 0.2) is 6.10 Å². The quantitative estimate of drug-likeness (QED) is 0.630. The molecule has 0 aromatic heterocycles. The smallest absolute Gasteiger partial charge is 0.347 e. The van der Waals surface area contributed by atoms with Crippen molar-refractivity contribution >= 4 is 11.9 Å². The van der Waals surface area contributed by atoms with Crippen LogP contribution in [0.5, 0.6) is 0 Å². The molecule has 4 nitrogen and oxygen atoms in total. The SMILES string of the molecule is CCC(C)(C)C(=O)OC(C)C(=O)OC(C)(C)C12CC3CC(CC(C3)C1)C2. The van der Waals surface area contributed by atoms with Crippen molar-refractivity contribution in [3.8, 4) is 0 Å². The van der Waals surface area contributed by atoms with Gasteiger partial charge in [-0.3, -0.25) is 4.79 Å². The van der Waals surface area contributed by atoms with E-state index in [0.717, 1.165) is 17.8 Å². The van der Waals surface area contributed by atoms with Crippen molar-refractivity contribution in [3.63, 3.8) is 0 Å². The molecule has 1 unspecified atom stereocenters. The number of esters is 2. The van der Waals surface area contributed by atoms with E-state index < -0.39 is 23.1 Å². The summed E-state index contributed by atoms with van der Waals surface area (Å²) in [6.45, 7) is 11.4. The van der Waals surface area contributed by atoms with Crippen LogP contribution in [0.4, 0.5) is 0 Å². The molecule has 0 N–H and O–H groups in total. The molecule has 0 aliphatic heterocycles. The molecule has 148 valence electrons. The van der Waals surface area contributed by atoms with Crippen LogP contribution in [-0.2, 0) is 19.1 Å². The molecular weight excluding hydrogens is 328 g/mol. The molecular formula is C22H36O4. The molecule has 0 aromatic rings. The first-order chi connectivity index (χ1) is 12.0. The summed E-state index contributed by atoms with van der Waals surface area (Å²) in [5.41, 5.74) is -0.991. The Bertz CT molecular complexity index is 539. The van der Waals surface area contributed by atoms with E-state index in [2.05, 4.69) is 13.8 Å². The molecule has 4 bridgehead atoms. The van der Waals surface area contributed by atoms with Gasteiger partial charge in [0.2, 0.25) is 0 Å². The number of rotatable bonds is 6. The Labute approximate surface area is 158 Å². The number of hydrogen-bond donors (Lipinski definition) is 0. The van der Waals surface area contributed by atoms with Crippen molar-refractivity contribution in [2.75, 3.05) is 0 Å². The maximum absolute atomic E-state index is 12.7. The van der Waals surface area contributed by atoms with E-state index in [-0.39, 0.29) is 11.4 Å². The molecule has 4 aliphatic rings. The Kier molecular flexibility index (Phi) is 4.94. The summed E-state index contributed by atoms with van der Waals surface area (Å²) >= 11 is 0. The van der Waals surface area contributed by atoms with Crippen molar-refractivity contribution in [3.05, 3.63) is 0 Å². The molecule has 26 heavy (non-hydrogen) atoms. The Morgan fingerprint density at radius 3 is 1.88 bits per heavy atom. The van der Waals surface area contributed by atoms with Crippen LogP contribution in [0.1, 0.15) is 86.5 Å². The van der Waals surface area contributed by atoms with Crippen molar-refractivity contribution < 1.29 is 19.1 Å². The summed E-state index contributed by atoms with van der Waals surface area (Å²) in [4.78, 5) is 25.0. The van der Waals surface area contributed by atoms with Crippen molar-refractivity contribution in [1.29, 1.82) is 0 Å². The zero-order chi connectivity index (χ0) is 19.3. The Morgan fingerprint density at radius 2 is 1.46 bits per heavy atom. The van der Waals surface area contributed by atoms with Crippen LogP contribution in [0.2, 0.25) is 0 Å². The first-order valence-electron chi connectivity index (χ1n) is 10.4. The Hall–Kier alpha value is -1.06. The van der Waals surface area contributed by atoms with E-state index in [9.17, 15) is 9.59 Å². The molecule has 1 atom stereocenters. The van der Waals surface area contributed by atoms with Gasteiger partial charge in [0.05, 0.1) is 5.41 Å². The minimum atomic E-state index is -0.860. The van der Waals surface area contributed by atoms with Crippen molar-refractivity contribution in [2.24, 2.45) is 28.6 Å². The third-order valence-corrected chi connectivity index (χ3v) is 7.72. The van der Waals surface area contributed by atoms with Gasteiger partial charge in [0.1, 0.15) is 5.60 Å². The Morgan fingerprint density at radius 1 is 1.00 bits per heavy atom. The van der Waals surface area contributed by atoms with E-state index in [1.165, 1.54) is 38.5 Å². The van der Waals surface area contributed by atoms with Gasteiger partial charge in [0, 0.05) is 5.41 Å². The van der Waals surface area contributed by atoms with E-state index in [1.807, 2.05) is 20.8 Å². The van der Waals surface area contributed by atoms with Gasteiger partial charge >= 0.3 is 11.9 Å². The highest BCUT2D eigenvalue weighted by molar-refractivity contribution is 5.81. The van der Waals surface area contributed by atoms with Gasteiger partial charge in [-0.25, -0.2) is 4.79 Å². The molecule has 0 amide bonds. The highest BCUT2D eigenvalue weighted by Gasteiger charge is 2.59. The monoisotopic (exact) mass is 364 g/mol.